The molecule has 0 radical (unpaired) electrons. The molecule has 0 saturated carbocycles. The summed E-state index contributed by atoms with van der Waals surface area (Å²) in [5.74, 6) is -11.5. The quantitative estimate of drug-likeness (QED) is 0.0319. The number of aliphatic carboxylic acids is 2. The molecule has 0 bridgehead atoms. The topological polar surface area (TPSA) is 431 Å². The van der Waals surface area contributed by atoms with Crippen molar-refractivity contribution in [2.24, 2.45) is 23.1 Å². The van der Waals surface area contributed by atoms with Crippen molar-refractivity contribution in [2.75, 3.05) is 38.2 Å². The van der Waals surface area contributed by atoms with Gasteiger partial charge >= 0.3 is 11.9 Å². The first-order valence-corrected chi connectivity index (χ1v) is 21.6. The highest BCUT2D eigenvalue weighted by molar-refractivity contribution is 7.98. The largest absolute Gasteiger partial charge is 0.481 e. The Labute approximate surface area is 372 Å². The van der Waals surface area contributed by atoms with E-state index >= 15 is 0 Å². The molecule has 360 valence electrons. The van der Waals surface area contributed by atoms with Gasteiger partial charge in [0.15, 0.2) is 0 Å². The van der Waals surface area contributed by atoms with Crippen molar-refractivity contribution in [1.82, 2.24) is 42.1 Å². The van der Waals surface area contributed by atoms with Gasteiger partial charge in [-0.1, -0.05) is 13.8 Å². The average molecular weight is 932 g/mol. The Morgan fingerprint density at radius 2 is 1.17 bits per heavy atom. The number of primary amides is 2. The minimum Gasteiger partial charge on any atom is -0.481 e. The zero-order valence-electron chi connectivity index (χ0n) is 35.8. The highest BCUT2D eigenvalue weighted by Crippen LogP contribution is 2.19. The Hall–Kier alpha value is -6.09. The van der Waals surface area contributed by atoms with Crippen molar-refractivity contribution in [3.8, 4) is 0 Å². The molecule has 1 aliphatic heterocycles. The Morgan fingerprint density at radius 3 is 1.64 bits per heavy atom. The third-order valence-corrected chi connectivity index (χ3v) is 10.1. The van der Waals surface area contributed by atoms with Crippen LogP contribution in [0.25, 0.3) is 0 Å². The Morgan fingerprint density at radius 1 is 0.688 bits per heavy atom. The number of nitrogens with one attached hydrogen (secondary N) is 7. The average Bonchev–Trinajstić information content (AvgIpc) is 3.71. The molecule has 1 aliphatic rings. The van der Waals surface area contributed by atoms with E-state index in [0.717, 1.165) is 4.90 Å². The maximum Gasteiger partial charge on any atom is 0.326 e. The van der Waals surface area contributed by atoms with Crippen molar-refractivity contribution in [3.05, 3.63) is 0 Å². The highest BCUT2D eigenvalue weighted by atomic mass is 32.2. The fourth-order valence-corrected chi connectivity index (χ4v) is 6.65. The summed E-state index contributed by atoms with van der Waals surface area (Å²) in [6.45, 7) is 1.04. The van der Waals surface area contributed by atoms with Gasteiger partial charge in [0.25, 0.3) is 0 Å². The molecule has 27 heteroatoms. The van der Waals surface area contributed by atoms with E-state index in [9.17, 15) is 67.7 Å². The number of nitrogens with two attached hydrogens (primary N) is 3. The SMILES string of the molecule is CSCC[C@H](NC(=O)[C@@H]1CCCN1C(=O)[C@@H](N)CC(=O)O)C(=O)NCC(=O)N[C@@H](CCC(N)=O)C(=O)N[C@@H](CCC(N)=O)C(=O)NCC(=O)N[C@@H](CO)C(=O)N[C@@H](CC(C)C)C(=O)O. The fourth-order valence-electron chi connectivity index (χ4n) is 6.18. The van der Waals surface area contributed by atoms with Crippen LogP contribution in [-0.2, 0) is 57.5 Å². The number of aliphatic hydroxyl groups is 1. The number of hydrogen-bond donors (Lipinski definition) is 13. The number of amides is 10. The number of rotatable bonds is 30. The number of carboxylic acid groups (broad SMARTS) is 2. The summed E-state index contributed by atoms with van der Waals surface area (Å²) >= 11 is 1.35. The van der Waals surface area contributed by atoms with Crippen LogP contribution in [0.2, 0.25) is 0 Å². The first kappa shape index (κ1) is 55.9. The maximum absolute atomic E-state index is 13.5. The summed E-state index contributed by atoms with van der Waals surface area (Å²) < 4.78 is 0. The summed E-state index contributed by atoms with van der Waals surface area (Å²) in [6.07, 6.45) is 0.129. The lowest BCUT2D eigenvalue weighted by molar-refractivity contribution is -0.144. The Kier molecular flexibility index (Phi) is 25.0. The number of aliphatic hydroxyl groups excluding tert-OH is 1. The molecular weight excluding hydrogens is 871 g/mol. The number of carbonyl (C=O) groups excluding carboxylic acids is 10. The van der Waals surface area contributed by atoms with Crippen LogP contribution in [0.1, 0.15) is 71.6 Å². The van der Waals surface area contributed by atoms with E-state index in [4.69, 9.17) is 22.3 Å². The predicted octanol–water partition coefficient (Wildman–Crippen LogP) is -6.16. The van der Waals surface area contributed by atoms with Crippen LogP contribution >= 0.6 is 11.8 Å². The van der Waals surface area contributed by atoms with E-state index in [2.05, 4.69) is 37.2 Å². The molecule has 0 aromatic heterocycles. The van der Waals surface area contributed by atoms with E-state index in [-0.39, 0.29) is 31.7 Å². The van der Waals surface area contributed by atoms with Gasteiger partial charge in [-0.2, -0.15) is 11.8 Å². The van der Waals surface area contributed by atoms with Gasteiger partial charge in [-0.15, -0.1) is 0 Å². The van der Waals surface area contributed by atoms with Crippen LogP contribution in [0.5, 0.6) is 0 Å². The van der Waals surface area contributed by atoms with Crippen LogP contribution in [0.15, 0.2) is 0 Å². The summed E-state index contributed by atoms with van der Waals surface area (Å²) in [5, 5.41) is 44.2. The maximum atomic E-state index is 13.5. The van der Waals surface area contributed by atoms with Crippen molar-refractivity contribution >= 4 is 82.8 Å². The number of carbonyl (C=O) groups is 12. The lowest BCUT2D eigenvalue weighted by Gasteiger charge is -2.28. The summed E-state index contributed by atoms with van der Waals surface area (Å²) in [6, 6.07) is -9.71. The summed E-state index contributed by atoms with van der Waals surface area (Å²) in [7, 11) is 0. The van der Waals surface area contributed by atoms with Gasteiger partial charge in [-0.3, -0.25) is 52.7 Å². The smallest absolute Gasteiger partial charge is 0.326 e. The number of nitrogens with zero attached hydrogens (tertiary/aromatic N) is 1. The van der Waals surface area contributed by atoms with Gasteiger partial charge in [0.2, 0.25) is 59.1 Å². The van der Waals surface area contributed by atoms with Gasteiger partial charge in [0.1, 0.15) is 36.3 Å². The minimum atomic E-state index is -1.61. The van der Waals surface area contributed by atoms with Gasteiger partial charge in [0.05, 0.1) is 32.2 Å². The first-order chi connectivity index (χ1) is 30.0. The van der Waals surface area contributed by atoms with Gasteiger partial charge in [0, 0.05) is 19.4 Å². The Bertz CT molecular complexity index is 1720. The molecule has 1 fully saturated rings. The lowest BCUT2D eigenvalue weighted by atomic mass is 10.0. The molecule has 26 nitrogen and oxygen atoms in total. The van der Waals surface area contributed by atoms with Gasteiger partial charge in [-0.25, -0.2) is 4.79 Å². The zero-order chi connectivity index (χ0) is 48.7. The van der Waals surface area contributed by atoms with E-state index in [1.54, 1.807) is 20.1 Å². The third kappa shape index (κ3) is 20.9. The molecule has 0 aliphatic carbocycles. The molecule has 10 amide bonds. The molecule has 1 heterocycles. The fraction of sp³-hybridized carbons (Fsp3) is 0.676. The van der Waals surface area contributed by atoms with E-state index < -0.39 is 165 Å². The van der Waals surface area contributed by atoms with Crippen LogP contribution in [0.4, 0.5) is 0 Å². The predicted molar refractivity (Wildman–Crippen MR) is 225 cm³/mol. The molecule has 0 unspecified atom stereocenters. The second-order valence-electron chi connectivity index (χ2n) is 15.2. The summed E-state index contributed by atoms with van der Waals surface area (Å²) in [5.41, 5.74) is 16.2. The number of carboxylic acids is 2. The van der Waals surface area contributed by atoms with Crippen LogP contribution in [0, 0.1) is 5.92 Å². The molecule has 16 N–H and O–H groups in total. The second kappa shape index (κ2) is 28.6. The van der Waals surface area contributed by atoms with Crippen LogP contribution in [0.3, 0.4) is 0 Å². The zero-order valence-corrected chi connectivity index (χ0v) is 36.7. The molecule has 0 aromatic rings. The highest BCUT2D eigenvalue weighted by Gasteiger charge is 2.38. The van der Waals surface area contributed by atoms with Crippen molar-refractivity contribution in [1.29, 1.82) is 0 Å². The molecule has 64 heavy (non-hydrogen) atoms. The number of likely N-dealkylation sites (tertiary alicyclic amines) is 1. The van der Waals surface area contributed by atoms with E-state index in [1.807, 2.05) is 0 Å². The molecule has 0 spiro atoms. The van der Waals surface area contributed by atoms with Crippen LogP contribution < -0.4 is 54.4 Å². The van der Waals surface area contributed by atoms with E-state index in [0.29, 0.717) is 12.2 Å². The van der Waals surface area contributed by atoms with Crippen molar-refractivity contribution in [2.45, 2.75) is 114 Å². The van der Waals surface area contributed by atoms with Crippen LogP contribution in [-0.4, -0.2) is 172 Å². The number of thioether (sulfide) groups is 1. The lowest BCUT2D eigenvalue weighted by Crippen LogP contribution is -2.57. The van der Waals surface area contributed by atoms with Gasteiger partial charge in [-0.05, 0) is 56.5 Å². The van der Waals surface area contributed by atoms with Crippen molar-refractivity contribution < 1.29 is 72.9 Å². The standard InChI is InChI=1S/C37H61N11O15S/c1-18(2)13-23(37(62)63)47-34(59)24(17-49)44-29(53)16-41-31(56)20(6-8-26(39)50)45-33(58)21(7-9-27(40)51)43-28(52)15-42-32(57)22(10-12-64-3)46-35(60)25-5-4-11-48(25)36(61)19(38)14-30(54)55/h18-25,49H,4-17,38H2,1-3H3,(H2,39,50)(H2,40,51)(H,41,56)(H,42,57)(H,43,52)(H,44,53)(H,45,58)(H,46,60)(H,47,59)(H,54,55)(H,62,63)/t19-,20-,21-,22-,23-,24-,25-/m0/s1. The van der Waals surface area contributed by atoms with Crippen molar-refractivity contribution in [3.63, 3.8) is 0 Å². The first-order valence-electron chi connectivity index (χ1n) is 20.2. The van der Waals surface area contributed by atoms with Gasteiger partial charge < -0.3 is 74.6 Å². The molecular formula is C37H61N11O15S. The summed E-state index contributed by atoms with van der Waals surface area (Å²) in [4.78, 5) is 151. The molecule has 7 atom stereocenters. The Balaban J connectivity index is 3.03. The monoisotopic (exact) mass is 931 g/mol. The molecule has 0 aromatic carbocycles. The van der Waals surface area contributed by atoms with E-state index in [1.165, 1.54) is 11.8 Å². The third-order valence-electron chi connectivity index (χ3n) is 9.44. The minimum absolute atomic E-state index is 0.0502. The normalized spacial score (nSPS) is 16.1. The number of hydrogen-bond acceptors (Lipinski definition) is 15. The molecule has 1 rings (SSSR count). The second-order valence-corrected chi connectivity index (χ2v) is 16.2. The molecule has 1 saturated heterocycles.